The number of nitrogens with one attached hydrogen (secondary N) is 1. The van der Waals surface area contributed by atoms with Gasteiger partial charge >= 0.3 is 0 Å². The molecule has 1 atom stereocenters. The Labute approximate surface area is 138 Å². The Morgan fingerprint density at radius 2 is 1.70 bits per heavy atom. The molecule has 7 nitrogen and oxygen atoms in total. The second-order valence-corrected chi connectivity index (χ2v) is 8.65. The molecular weight excluding hydrogens is 318 g/mol. The van der Waals surface area contributed by atoms with Crippen LogP contribution in [0.15, 0.2) is 0 Å². The smallest absolute Gasteiger partial charge is 0.225 e. The Hall–Kier alpha value is -1.15. The molecule has 0 bridgehead atoms. The number of hydrogen-bond donors (Lipinski definition) is 1. The monoisotopic (exact) mass is 345 g/mol. The summed E-state index contributed by atoms with van der Waals surface area (Å²) >= 11 is 0. The highest BCUT2D eigenvalue weighted by molar-refractivity contribution is 7.89. The number of carbonyl (C=O) groups is 2. The SMILES string of the molecule is CNC(=O)[C@@H]1CN(C(C)=O)CCN(S(=O)(=O)C2CCCCC2)C1. The van der Waals surface area contributed by atoms with Crippen molar-refractivity contribution < 1.29 is 18.0 Å². The fraction of sp³-hybridized carbons (Fsp3) is 0.867. The fourth-order valence-corrected chi connectivity index (χ4v) is 5.52. The van der Waals surface area contributed by atoms with Crippen LogP contribution in [0, 0.1) is 5.92 Å². The number of sulfonamides is 1. The lowest BCUT2D eigenvalue weighted by molar-refractivity contribution is -0.130. The second-order valence-electron chi connectivity index (χ2n) is 6.44. The molecule has 1 N–H and O–H groups in total. The highest BCUT2D eigenvalue weighted by atomic mass is 32.2. The van der Waals surface area contributed by atoms with Crippen LogP contribution in [0.2, 0.25) is 0 Å². The maximum Gasteiger partial charge on any atom is 0.225 e. The molecule has 0 aromatic carbocycles. The first-order valence-corrected chi connectivity index (χ1v) is 9.82. The van der Waals surface area contributed by atoms with Gasteiger partial charge in [0.15, 0.2) is 0 Å². The summed E-state index contributed by atoms with van der Waals surface area (Å²) in [5, 5.41) is 2.23. The van der Waals surface area contributed by atoms with Crippen LogP contribution < -0.4 is 5.32 Å². The van der Waals surface area contributed by atoms with Crippen molar-refractivity contribution in [3.05, 3.63) is 0 Å². The summed E-state index contributed by atoms with van der Waals surface area (Å²) in [6, 6.07) is 0. The van der Waals surface area contributed by atoms with E-state index in [9.17, 15) is 18.0 Å². The third-order valence-corrected chi connectivity index (χ3v) is 7.25. The number of hydrogen-bond acceptors (Lipinski definition) is 4. The van der Waals surface area contributed by atoms with Gasteiger partial charge in [0.05, 0.1) is 11.2 Å². The molecule has 1 aliphatic carbocycles. The molecule has 132 valence electrons. The first-order valence-electron chi connectivity index (χ1n) is 8.32. The molecule has 8 heteroatoms. The van der Waals surface area contributed by atoms with Crippen LogP contribution >= 0.6 is 0 Å². The van der Waals surface area contributed by atoms with Gasteiger partial charge in [0, 0.05) is 40.2 Å². The Kier molecular flexibility index (Phi) is 6.02. The van der Waals surface area contributed by atoms with E-state index in [2.05, 4.69) is 5.32 Å². The minimum absolute atomic E-state index is 0.129. The second kappa shape index (κ2) is 7.61. The molecule has 2 aliphatic rings. The maximum atomic E-state index is 12.9. The molecule has 2 fully saturated rings. The molecule has 23 heavy (non-hydrogen) atoms. The maximum absolute atomic E-state index is 12.9. The van der Waals surface area contributed by atoms with Gasteiger partial charge in [-0.3, -0.25) is 9.59 Å². The topological polar surface area (TPSA) is 86.8 Å². The summed E-state index contributed by atoms with van der Waals surface area (Å²) in [5.41, 5.74) is 0. The molecule has 0 aromatic rings. The lowest BCUT2D eigenvalue weighted by Crippen LogP contribution is -2.45. The van der Waals surface area contributed by atoms with Gasteiger partial charge in [-0.05, 0) is 12.8 Å². The quantitative estimate of drug-likeness (QED) is 0.790. The zero-order valence-corrected chi connectivity index (χ0v) is 14.8. The zero-order valence-electron chi connectivity index (χ0n) is 14.0. The van der Waals surface area contributed by atoms with E-state index in [0.29, 0.717) is 19.4 Å². The van der Waals surface area contributed by atoms with E-state index >= 15 is 0 Å². The summed E-state index contributed by atoms with van der Waals surface area (Å²) in [5.74, 6) is -0.873. The minimum Gasteiger partial charge on any atom is -0.359 e. The molecule has 2 rings (SSSR count). The van der Waals surface area contributed by atoms with Crippen LogP contribution in [0.3, 0.4) is 0 Å². The van der Waals surface area contributed by atoms with Crippen LogP contribution in [0.4, 0.5) is 0 Å². The van der Waals surface area contributed by atoms with Gasteiger partial charge in [-0.15, -0.1) is 0 Å². The van der Waals surface area contributed by atoms with Crippen LogP contribution in [-0.2, 0) is 19.6 Å². The van der Waals surface area contributed by atoms with Crippen LogP contribution in [0.1, 0.15) is 39.0 Å². The highest BCUT2D eigenvalue weighted by Crippen LogP contribution is 2.27. The largest absolute Gasteiger partial charge is 0.359 e. The van der Waals surface area contributed by atoms with Gasteiger partial charge in [-0.2, -0.15) is 4.31 Å². The lowest BCUT2D eigenvalue weighted by Gasteiger charge is -2.29. The number of amides is 2. The summed E-state index contributed by atoms with van der Waals surface area (Å²) < 4.78 is 27.3. The van der Waals surface area contributed by atoms with E-state index in [1.165, 1.54) is 18.3 Å². The number of carbonyl (C=O) groups excluding carboxylic acids is 2. The molecule has 0 aromatic heterocycles. The molecule has 0 spiro atoms. The zero-order chi connectivity index (χ0) is 17.0. The van der Waals surface area contributed by atoms with Crippen LogP contribution in [-0.4, -0.2) is 67.9 Å². The Balaban J connectivity index is 2.20. The molecule has 2 amide bonds. The molecule has 1 aliphatic heterocycles. The highest BCUT2D eigenvalue weighted by Gasteiger charge is 2.38. The minimum atomic E-state index is -3.42. The van der Waals surface area contributed by atoms with E-state index in [-0.39, 0.29) is 36.7 Å². The summed E-state index contributed by atoms with van der Waals surface area (Å²) in [6.07, 6.45) is 4.36. The van der Waals surface area contributed by atoms with E-state index in [4.69, 9.17) is 0 Å². The van der Waals surface area contributed by atoms with E-state index < -0.39 is 15.9 Å². The van der Waals surface area contributed by atoms with Gasteiger partial charge in [0.2, 0.25) is 21.8 Å². The van der Waals surface area contributed by atoms with E-state index in [1.54, 1.807) is 4.90 Å². The van der Waals surface area contributed by atoms with Crippen molar-refractivity contribution >= 4 is 21.8 Å². The number of rotatable bonds is 3. The molecule has 1 saturated carbocycles. The predicted molar refractivity (Wildman–Crippen MR) is 87.2 cm³/mol. The number of nitrogens with zero attached hydrogens (tertiary/aromatic N) is 2. The average molecular weight is 345 g/mol. The fourth-order valence-electron chi connectivity index (χ4n) is 3.45. The Morgan fingerprint density at radius 1 is 1.04 bits per heavy atom. The van der Waals surface area contributed by atoms with Crippen molar-refractivity contribution in [1.29, 1.82) is 0 Å². The first-order chi connectivity index (χ1) is 10.9. The third-order valence-electron chi connectivity index (χ3n) is 4.88. The molecule has 0 radical (unpaired) electrons. The summed E-state index contributed by atoms with van der Waals surface area (Å²) in [4.78, 5) is 25.3. The van der Waals surface area contributed by atoms with E-state index in [0.717, 1.165) is 19.3 Å². The van der Waals surface area contributed by atoms with Crippen molar-refractivity contribution in [3.63, 3.8) is 0 Å². The van der Waals surface area contributed by atoms with Gasteiger partial charge < -0.3 is 10.2 Å². The first kappa shape index (κ1) is 18.2. The normalized spacial score (nSPS) is 25.0. The van der Waals surface area contributed by atoms with Gasteiger partial charge in [-0.1, -0.05) is 19.3 Å². The van der Waals surface area contributed by atoms with Gasteiger partial charge in [0.1, 0.15) is 0 Å². The van der Waals surface area contributed by atoms with E-state index in [1.807, 2.05) is 0 Å². The van der Waals surface area contributed by atoms with Gasteiger partial charge in [-0.25, -0.2) is 8.42 Å². The third kappa shape index (κ3) is 4.23. The Morgan fingerprint density at radius 3 is 2.26 bits per heavy atom. The molecule has 1 heterocycles. The summed E-state index contributed by atoms with van der Waals surface area (Å²) in [6.45, 7) is 2.49. The molecular formula is C15H27N3O4S. The standard InChI is InChI=1S/C15H27N3O4S/c1-12(19)17-8-9-18(11-13(10-17)15(20)16-2)23(21,22)14-6-4-3-5-7-14/h13-14H,3-11H2,1-2H3,(H,16,20)/t13-/m1/s1. The van der Waals surface area contributed by atoms with Crippen molar-refractivity contribution in [2.45, 2.75) is 44.3 Å². The van der Waals surface area contributed by atoms with Crippen LogP contribution in [0.25, 0.3) is 0 Å². The van der Waals surface area contributed by atoms with Gasteiger partial charge in [0.25, 0.3) is 0 Å². The van der Waals surface area contributed by atoms with Crippen molar-refractivity contribution in [2.24, 2.45) is 5.92 Å². The lowest BCUT2D eigenvalue weighted by atomic mass is 10.0. The molecule has 0 unspecified atom stereocenters. The average Bonchev–Trinajstić information content (AvgIpc) is 2.78. The van der Waals surface area contributed by atoms with Crippen molar-refractivity contribution in [2.75, 3.05) is 33.2 Å². The predicted octanol–water partition coefficient (Wildman–Crippen LogP) is 0.175. The van der Waals surface area contributed by atoms with Crippen molar-refractivity contribution in [1.82, 2.24) is 14.5 Å². The molecule has 1 saturated heterocycles. The Bertz CT molecular complexity index is 543. The summed E-state index contributed by atoms with van der Waals surface area (Å²) in [7, 11) is -1.88. The van der Waals surface area contributed by atoms with Crippen LogP contribution in [0.5, 0.6) is 0 Å². The van der Waals surface area contributed by atoms with Crippen molar-refractivity contribution in [3.8, 4) is 0 Å².